The molecule has 1 aliphatic rings. The Hall–Kier alpha value is -3.47. The molecule has 0 unspecified atom stereocenters. The van der Waals surface area contributed by atoms with Gasteiger partial charge in [0.15, 0.2) is 0 Å². The predicted molar refractivity (Wildman–Crippen MR) is 141 cm³/mol. The van der Waals surface area contributed by atoms with Crippen LogP contribution in [-0.4, -0.2) is 32.3 Å². The summed E-state index contributed by atoms with van der Waals surface area (Å²) in [5, 5.41) is 0. The van der Waals surface area contributed by atoms with Crippen molar-refractivity contribution in [3.05, 3.63) is 105 Å². The standard InChI is InChI=1S/C27H25BrN2O6S/c1-17-4-6-19(7-5-17)16-30-18(2)25(27(32)35-3)24(26(30)31)14-21-10-11-22(36-21)15-29-37(33,34)23-12-8-20(28)9-13-23/h4-14,29H,15-16H2,1-3H3/b24-14+. The van der Waals surface area contributed by atoms with Crippen LogP contribution in [0, 0.1) is 6.92 Å². The fourth-order valence-electron chi connectivity index (χ4n) is 3.87. The van der Waals surface area contributed by atoms with Crippen LogP contribution < -0.4 is 4.72 Å². The summed E-state index contributed by atoms with van der Waals surface area (Å²) in [5.74, 6) is -0.340. The van der Waals surface area contributed by atoms with Gasteiger partial charge in [-0.15, -0.1) is 0 Å². The average molecular weight is 585 g/mol. The van der Waals surface area contributed by atoms with E-state index in [-0.39, 0.29) is 28.5 Å². The predicted octanol–water partition coefficient (Wildman–Crippen LogP) is 4.70. The van der Waals surface area contributed by atoms with Crippen LogP contribution in [0.15, 0.2) is 91.3 Å². The summed E-state index contributed by atoms with van der Waals surface area (Å²) in [6, 6.07) is 17.3. The first kappa shape index (κ1) is 26.6. The molecule has 0 bridgehead atoms. The number of carbonyl (C=O) groups excluding carboxylic acids is 2. The summed E-state index contributed by atoms with van der Waals surface area (Å²) < 4.78 is 39.0. The molecule has 10 heteroatoms. The summed E-state index contributed by atoms with van der Waals surface area (Å²) in [5.41, 5.74) is 2.81. The first-order chi connectivity index (χ1) is 17.6. The molecule has 0 radical (unpaired) electrons. The molecule has 0 aliphatic carbocycles. The molecule has 1 aliphatic heterocycles. The second kappa shape index (κ2) is 10.9. The third kappa shape index (κ3) is 5.93. The third-order valence-electron chi connectivity index (χ3n) is 5.89. The van der Waals surface area contributed by atoms with Crippen molar-refractivity contribution in [3.8, 4) is 0 Å². The van der Waals surface area contributed by atoms with Gasteiger partial charge in [0.05, 0.1) is 36.2 Å². The number of allylic oxidation sites excluding steroid dienone is 1. The van der Waals surface area contributed by atoms with Crippen molar-refractivity contribution in [3.63, 3.8) is 0 Å². The van der Waals surface area contributed by atoms with E-state index in [2.05, 4.69) is 20.7 Å². The third-order valence-corrected chi connectivity index (χ3v) is 7.84. The first-order valence-corrected chi connectivity index (χ1v) is 13.6. The Morgan fingerprint density at radius 3 is 2.38 bits per heavy atom. The molecule has 4 rings (SSSR count). The van der Waals surface area contributed by atoms with Crippen LogP contribution in [0.3, 0.4) is 0 Å². The second-order valence-corrected chi connectivity index (χ2v) is 11.2. The van der Waals surface area contributed by atoms with Gasteiger partial charge in [0, 0.05) is 10.2 Å². The average Bonchev–Trinajstić information content (AvgIpc) is 3.42. The van der Waals surface area contributed by atoms with Gasteiger partial charge >= 0.3 is 5.97 Å². The molecule has 8 nitrogen and oxygen atoms in total. The Labute approximate surface area is 223 Å². The molecule has 0 spiro atoms. The van der Waals surface area contributed by atoms with Crippen molar-refractivity contribution in [1.29, 1.82) is 0 Å². The van der Waals surface area contributed by atoms with Gasteiger partial charge in [0.25, 0.3) is 5.91 Å². The summed E-state index contributed by atoms with van der Waals surface area (Å²) >= 11 is 3.28. The lowest BCUT2D eigenvalue weighted by Crippen LogP contribution is -2.24. The van der Waals surface area contributed by atoms with Crippen molar-refractivity contribution < 1.29 is 27.2 Å². The monoisotopic (exact) mass is 584 g/mol. The molecule has 192 valence electrons. The Bertz CT molecular complexity index is 1500. The minimum atomic E-state index is -3.74. The summed E-state index contributed by atoms with van der Waals surface area (Å²) in [6.45, 7) is 3.89. The van der Waals surface area contributed by atoms with Crippen molar-refractivity contribution in [2.45, 2.75) is 31.8 Å². The SMILES string of the molecule is COC(=O)C1=C(C)N(Cc2ccc(C)cc2)C(=O)/C1=C/c1ccc(CNS(=O)(=O)c2ccc(Br)cc2)o1. The first-order valence-electron chi connectivity index (χ1n) is 11.3. The molecule has 0 saturated heterocycles. The number of carbonyl (C=O) groups is 2. The quantitative estimate of drug-likeness (QED) is 0.304. The molecule has 3 aromatic rings. The zero-order chi connectivity index (χ0) is 26.7. The molecule has 2 heterocycles. The molecule has 1 aromatic heterocycles. The summed E-state index contributed by atoms with van der Waals surface area (Å²) in [7, 11) is -2.48. The van der Waals surface area contributed by atoms with Crippen LogP contribution in [0.4, 0.5) is 0 Å². The maximum absolute atomic E-state index is 13.3. The lowest BCUT2D eigenvalue weighted by Gasteiger charge is -2.18. The molecular weight excluding hydrogens is 560 g/mol. The van der Waals surface area contributed by atoms with Gasteiger partial charge in [-0.05, 0) is 61.9 Å². The number of benzene rings is 2. The van der Waals surface area contributed by atoms with Gasteiger partial charge in [0.2, 0.25) is 10.0 Å². The Kier molecular flexibility index (Phi) is 7.82. The van der Waals surface area contributed by atoms with Gasteiger partial charge < -0.3 is 14.1 Å². The van der Waals surface area contributed by atoms with E-state index in [1.54, 1.807) is 31.2 Å². The minimum absolute atomic E-state index is 0.0895. The number of methoxy groups -OCH3 is 1. The minimum Gasteiger partial charge on any atom is -0.465 e. The molecule has 37 heavy (non-hydrogen) atoms. The maximum atomic E-state index is 13.3. The zero-order valence-corrected chi connectivity index (χ0v) is 22.9. The lowest BCUT2D eigenvalue weighted by atomic mass is 10.1. The number of esters is 1. The van der Waals surface area contributed by atoms with Gasteiger partial charge in [-0.3, -0.25) is 4.79 Å². The summed E-state index contributed by atoms with van der Waals surface area (Å²) in [4.78, 5) is 27.6. The van der Waals surface area contributed by atoms with Crippen LogP contribution in [0.5, 0.6) is 0 Å². The number of rotatable bonds is 8. The van der Waals surface area contributed by atoms with Crippen LogP contribution in [0.2, 0.25) is 0 Å². The van der Waals surface area contributed by atoms with E-state index in [1.807, 2.05) is 31.2 Å². The van der Waals surface area contributed by atoms with Gasteiger partial charge in [-0.25, -0.2) is 17.9 Å². The smallest absolute Gasteiger partial charge is 0.340 e. The van der Waals surface area contributed by atoms with E-state index >= 15 is 0 Å². The van der Waals surface area contributed by atoms with E-state index in [9.17, 15) is 18.0 Å². The number of ether oxygens (including phenoxy) is 1. The topological polar surface area (TPSA) is 106 Å². The number of amides is 1. The van der Waals surface area contributed by atoms with Crippen molar-refractivity contribution in [2.24, 2.45) is 0 Å². The summed E-state index contributed by atoms with van der Waals surface area (Å²) in [6.07, 6.45) is 1.47. The highest BCUT2D eigenvalue weighted by Crippen LogP contribution is 2.33. The Balaban J connectivity index is 1.55. The molecule has 0 atom stereocenters. The highest BCUT2D eigenvalue weighted by molar-refractivity contribution is 9.10. The molecular formula is C27H25BrN2O6S. The number of furan rings is 1. The lowest BCUT2D eigenvalue weighted by molar-refractivity contribution is -0.136. The Morgan fingerprint density at radius 2 is 1.73 bits per heavy atom. The van der Waals surface area contributed by atoms with Crippen molar-refractivity contribution >= 4 is 43.9 Å². The molecule has 2 aromatic carbocycles. The van der Waals surface area contributed by atoms with Crippen LogP contribution in [0.1, 0.15) is 29.6 Å². The largest absolute Gasteiger partial charge is 0.465 e. The highest BCUT2D eigenvalue weighted by atomic mass is 79.9. The maximum Gasteiger partial charge on any atom is 0.340 e. The van der Waals surface area contributed by atoms with Gasteiger partial charge in [-0.1, -0.05) is 45.8 Å². The van der Waals surface area contributed by atoms with Crippen molar-refractivity contribution in [1.82, 2.24) is 9.62 Å². The fourth-order valence-corrected chi connectivity index (χ4v) is 5.12. The van der Waals surface area contributed by atoms with Crippen LogP contribution in [0.25, 0.3) is 6.08 Å². The normalized spacial score (nSPS) is 15.1. The van der Waals surface area contributed by atoms with E-state index in [1.165, 1.54) is 30.2 Å². The van der Waals surface area contributed by atoms with Crippen molar-refractivity contribution in [2.75, 3.05) is 7.11 Å². The molecule has 0 fully saturated rings. The number of nitrogens with zero attached hydrogens (tertiary/aromatic N) is 1. The number of aryl methyl sites for hydroxylation is 1. The zero-order valence-electron chi connectivity index (χ0n) is 20.4. The number of halogens is 1. The number of nitrogens with one attached hydrogen (secondary N) is 1. The number of hydrogen-bond acceptors (Lipinski definition) is 6. The van der Waals surface area contributed by atoms with E-state index < -0.39 is 16.0 Å². The van der Waals surface area contributed by atoms with E-state index in [0.717, 1.165) is 15.6 Å². The van der Waals surface area contributed by atoms with Crippen LogP contribution in [-0.2, 0) is 37.4 Å². The molecule has 0 saturated carbocycles. The number of hydrogen-bond donors (Lipinski definition) is 1. The second-order valence-electron chi connectivity index (χ2n) is 8.47. The number of sulfonamides is 1. The van der Waals surface area contributed by atoms with Gasteiger partial charge in [0.1, 0.15) is 11.5 Å². The molecule has 1 N–H and O–H groups in total. The van der Waals surface area contributed by atoms with Crippen LogP contribution >= 0.6 is 15.9 Å². The van der Waals surface area contributed by atoms with Gasteiger partial charge in [-0.2, -0.15) is 0 Å². The Morgan fingerprint density at radius 1 is 1.05 bits per heavy atom. The fraction of sp³-hybridized carbons (Fsp3) is 0.185. The highest BCUT2D eigenvalue weighted by Gasteiger charge is 2.37. The van der Waals surface area contributed by atoms with E-state index in [4.69, 9.17) is 9.15 Å². The van der Waals surface area contributed by atoms with E-state index in [0.29, 0.717) is 23.8 Å². The molecule has 1 amide bonds.